The molecule has 5 heteroatoms. The topological polar surface area (TPSA) is 50.8 Å². The van der Waals surface area contributed by atoms with Crippen molar-refractivity contribution in [2.24, 2.45) is 0 Å². The number of hydrogen-bond acceptors (Lipinski definition) is 4. The standard InChI is InChI=1S/C17H28N2O3/c1-5-6-11-22-16-12-14(7-8-15(16)21-4)9-10-18-13-17(20)19(2)3/h7-8,12,18H,5-6,9-11,13H2,1-4H3. The first kappa shape index (κ1) is 18.3. The SMILES string of the molecule is CCCCOc1cc(CCNCC(=O)N(C)C)ccc1OC. The van der Waals surface area contributed by atoms with Crippen LogP contribution in [0.25, 0.3) is 0 Å². The molecular formula is C17H28N2O3. The van der Waals surface area contributed by atoms with Gasteiger partial charge in [-0.15, -0.1) is 0 Å². The van der Waals surface area contributed by atoms with Crippen LogP contribution in [0.1, 0.15) is 25.3 Å². The fraction of sp³-hybridized carbons (Fsp3) is 0.588. The van der Waals surface area contributed by atoms with Crippen LogP contribution in [-0.4, -0.2) is 51.7 Å². The highest BCUT2D eigenvalue weighted by Crippen LogP contribution is 2.28. The van der Waals surface area contributed by atoms with Crippen LogP contribution < -0.4 is 14.8 Å². The normalized spacial score (nSPS) is 10.4. The third kappa shape index (κ3) is 6.35. The van der Waals surface area contributed by atoms with Gasteiger partial charge in [-0.3, -0.25) is 4.79 Å². The van der Waals surface area contributed by atoms with Gasteiger partial charge in [0.05, 0.1) is 20.3 Å². The van der Waals surface area contributed by atoms with E-state index < -0.39 is 0 Å². The number of benzene rings is 1. The van der Waals surface area contributed by atoms with E-state index in [2.05, 4.69) is 12.2 Å². The summed E-state index contributed by atoms with van der Waals surface area (Å²) in [5, 5.41) is 3.15. The van der Waals surface area contributed by atoms with Crippen LogP contribution in [0.5, 0.6) is 11.5 Å². The van der Waals surface area contributed by atoms with Crippen LogP contribution in [-0.2, 0) is 11.2 Å². The monoisotopic (exact) mass is 308 g/mol. The molecule has 0 radical (unpaired) electrons. The van der Waals surface area contributed by atoms with E-state index in [0.29, 0.717) is 13.2 Å². The molecule has 1 N–H and O–H groups in total. The van der Waals surface area contributed by atoms with Crippen LogP contribution in [0, 0.1) is 0 Å². The molecule has 5 nitrogen and oxygen atoms in total. The molecule has 0 heterocycles. The second-order valence-corrected chi connectivity index (χ2v) is 5.40. The smallest absolute Gasteiger partial charge is 0.236 e. The first-order chi connectivity index (χ1) is 10.6. The molecule has 1 aromatic rings. The summed E-state index contributed by atoms with van der Waals surface area (Å²) >= 11 is 0. The van der Waals surface area contributed by atoms with E-state index in [4.69, 9.17) is 9.47 Å². The van der Waals surface area contributed by atoms with Crippen LogP contribution >= 0.6 is 0 Å². The molecule has 0 bridgehead atoms. The molecule has 0 aliphatic heterocycles. The number of nitrogens with zero attached hydrogens (tertiary/aromatic N) is 1. The maximum atomic E-state index is 11.5. The molecule has 0 saturated carbocycles. The predicted molar refractivity (Wildman–Crippen MR) is 88.7 cm³/mol. The third-order valence-electron chi connectivity index (χ3n) is 3.35. The maximum absolute atomic E-state index is 11.5. The average molecular weight is 308 g/mol. The van der Waals surface area contributed by atoms with Gasteiger partial charge in [0.15, 0.2) is 11.5 Å². The molecule has 0 aromatic heterocycles. The van der Waals surface area contributed by atoms with Gasteiger partial charge < -0.3 is 19.7 Å². The molecule has 0 aliphatic rings. The van der Waals surface area contributed by atoms with Crippen LogP contribution in [0.4, 0.5) is 0 Å². The molecule has 0 atom stereocenters. The summed E-state index contributed by atoms with van der Waals surface area (Å²) in [5.41, 5.74) is 1.16. The van der Waals surface area contributed by atoms with Crippen molar-refractivity contribution in [2.45, 2.75) is 26.2 Å². The van der Waals surface area contributed by atoms with Gasteiger partial charge in [-0.1, -0.05) is 19.4 Å². The molecule has 1 rings (SSSR count). The number of methoxy groups -OCH3 is 1. The molecule has 0 saturated heterocycles. The lowest BCUT2D eigenvalue weighted by Gasteiger charge is -2.13. The number of rotatable bonds is 10. The van der Waals surface area contributed by atoms with Gasteiger partial charge in [0, 0.05) is 14.1 Å². The zero-order valence-electron chi connectivity index (χ0n) is 14.1. The number of hydrogen-bond donors (Lipinski definition) is 1. The van der Waals surface area contributed by atoms with E-state index >= 15 is 0 Å². The Hall–Kier alpha value is -1.75. The fourth-order valence-corrected chi connectivity index (χ4v) is 1.90. The molecular weight excluding hydrogens is 280 g/mol. The number of nitrogens with one attached hydrogen (secondary N) is 1. The summed E-state index contributed by atoms with van der Waals surface area (Å²) in [4.78, 5) is 13.0. The van der Waals surface area contributed by atoms with Crippen molar-refractivity contribution < 1.29 is 14.3 Å². The Morgan fingerprint density at radius 3 is 2.68 bits per heavy atom. The Labute approximate surface area is 133 Å². The first-order valence-corrected chi connectivity index (χ1v) is 7.79. The van der Waals surface area contributed by atoms with Crippen molar-refractivity contribution in [3.63, 3.8) is 0 Å². The highest BCUT2D eigenvalue weighted by atomic mass is 16.5. The zero-order valence-corrected chi connectivity index (χ0v) is 14.1. The summed E-state index contributed by atoms with van der Waals surface area (Å²) in [6, 6.07) is 5.98. The predicted octanol–water partition coefficient (Wildman–Crippen LogP) is 2.09. The summed E-state index contributed by atoms with van der Waals surface area (Å²) in [7, 11) is 5.16. The van der Waals surface area contributed by atoms with E-state index in [1.165, 1.54) is 0 Å². The fourth-order valence-electron chi connectivity index (χ4n) is 1.90. The second-order valence-electron chi connectivity index (χ2n) is 5.40. The van der Waals surface area contributed by atoms with Crippen molar-refractivity contribution in [2.75, 3.05) is 40.9 Å². The van der Waals surface area contributed by atoms with Crippen LogP contribution in [0.2, 0.25) is 0 Å². The van der Waals surface area contributed by atoms with Gasteiger partial charge in [-0.25, -0.2) is 0 Å². The van der Waals surface area contributed by atoms with Gasteiger partial charge in [0.25, 0.3) is 0 Å². The summed E-state index contributed by atoms with van der Waals surface area (Å²) in [5.74, 6) is 1.63. The number of carbonyl (C=O) groups excluding carboxylic acids is 1. The van der Waals surface area contributed by atoms with Crippen molar-refractivity contribution in [3.8, 4) is 11.5 Å². The summed E-state index contributed by atoms with van der Waals surface area (Å²) in [6.07, 6.45) is 2.97. The van der Waals surface area contributed by atoms with Crippen molar-refractivity contribution in [3.05, 3.63) is 23.8 Å². The van der Waals surface area contributed by atoms with Gasteiger partial charge >= 0.3 is 0 Å². The summed E-state index contributed by atoms with van der Waals surface area (Å²) in [6.45, 7) is 3.95. The van der Waals surface area contributed by atoms with Crippen LogP contribution in [0.3, 0.4) is 0 Å². The third-order valence-corrected chi connectivity index (χ3v) is 3.35. The lowest BCUT2D eigenvalue weighted by Crippen LogP contribution is -2.33. The second kappa shape index (κ2) is 10.1. The number of carbonyl (C=O) groups is 1. The molecule has 22 heavy (non-hydrogen) atoms. The molecule has 124 valence electrons. The molecule has 0 fully saturated rings. The van der Waals surface area contributed by atoms with Gasteiger partial charge in [-0.2, -0.15) is 0 Å². The highest BCUT2D eigenvalue weighted by Gasteiger charge is 2.07. The van der Waals surface area contributed by atoms with Gasteiger partial charge in [0.2, 0.25) is 5.91 Å². The number of amides is 1. The Morgan fingerprint density at radius 2 is 2.05 bits per heavy atom. The van der Waals surface area contributed by atoms with Crippen LogP contribution in [0.15, 0.2) is 18.2 Å². The van der Waals surface area contributed by atoms with E-state index in [9.17, 15) is 4.79 Å². The van der Waals surface area contributed by atoms with Gasteiger partial charge in [0.1, 0.15) is 0 Å². The first-order valence-electron chi connectivity index (χ1n) is 7.79. The number of likely N-dealkylation sites (N-methyl/N-ethyl adjacent to an activating group) is 1. The van der Waals surface area contributed by atoms with E-state index in [0.717, 1.165) is 42.9 Å². The number of ether oxygens (including phenoxy) is 2. The summed E-state index contributed by atoms with van der Waals surface area (Å²) < 4.78 is 11.1. The average Bonchev–Trinajstić information content (AvgIpc) is 2.51. The molecule has 1 amide bonds. The Kier molecular flexibility index (Phi) is 8.36. The largest absolute Gasteiger partial charge is 0.493 e. The lowest BCUT2D eigenvalue weighted by atomic mass is 10.1. The quantitative estimate of drug-likeness (QED) is 0.673. The van der Waals surface area contributed by atoms with E-state index in [1.54, 1.807) is 26.1 Å². The van der Waals surface area contributed by atoms with E-state index in [1.807, 2.05) is 18.2 Å². The highest BCUT2D eigenvalue weighted by molar-refractivity contribution is 5.77. The minimum absolute atomic E-state index is 0.0818. The van der Waals surface area contributed by atoms with Gasteiger partial charge in [-0.05, 0) is 37.1 Å². The molecule has 0 aliphatic carbocycles. The maximum Gasteiger partial charge on any atom is 0.236 e. The zero-order chi connectivity index (χ0) is 16.4. The molecule has 0 unspecified atom stereocenters. The Bertz CT molecular complexity index is 461. The number of unbranched alkanes of at least 4 members (excludes halogenated alkanes) is 1. The Balaban J connectivity index is 2.49. The van der Waals surface area contributed by atoms with Crippen molar-refractivity contribution in [1.82, 2.24) is 10.2 Å². The molecule has 0 spiro atoms. The van der Waals surface area contributed by atoms with E-state index in [-0.39, 0.29) is 5.91 Å². The Morgan fingerprint density at radius 1 is 1.27 bits per heavy atom. The van der Waals surface area contributed by atoms with Crippen molar-refractivity contribution in [1.29, 1.82) is 0 Å². The minimum atomic E-state index is 0.0818. The molecule has 1 aromatic carbocycles. The van der Waals surface area contributed by atoms with Crippen molar-refractivity contribution >= 4 is 5.91 Å². The lowest BCUT2D eigenvalue weighted by molar-refractivity contribution is -0.127. The minimum Gasteiger partial charge on any atom is -0.493 e.